The van der Waals surface area contributed by atoms with Crippen LogP contribution in [0.3, 0.4) is 0 Å². The molecule has 0 N–H and O–H groups in total. The number of hydrogen-bond donors (Lipinski definition) is 0. The van der Waals surface area contributed by atoms with E-state index in [2.05, 4.69) is 29.2 Å². The van der Waals surface area contributed by atoms with Crippen LogP contribution in [0.15, 0.2) is 36.4 Å². The van der Waals surface area contributed by atoms with Gasteiger partial charge in [-0.3, -0.25) is 0 Å². The molecular formula is C17H15ClN2OS. The smallest absolute Gasteiger partial charge is 0.186 e. The number of anilines is 1. The summed E-state index contributed by atoms with van der Waals surface area (Å²) in [7, 11) is 1.67. The minimum Gasteiger partial charge on any atom is -0.494 e. The van der Waals surface area contributed by atoms with Gasteiger partial charge in [-0.05, 0) is 29.7 Å². The highest BCUT2D eigenvalue weighted by molar-refractivity contribution is 7.22. The fraction of sp³-hybridized carbons (Fsp3) is 0.235. The first-order chi connectivity index (χ1) is 10.8. The summed E-state index contributed by atoms with van der Waals surface area (Å²) in [5.74, 6) is 0.777. The lowest BCUT2D eigenvalue weighted by molar-refractivity contribution is 0.419. The van der Waals surface area contributed by atoms with Crippen LogP contribution in [0, 0.1) is 0 Å². The molecule has 0 saturated heterocycles. The zero-order chi connectivity index (χ0) is 15.1. The van der Waals surface area contributed by atoms with Crippen LogP contribution >= 0.6 is 22.9 Å². The molecule has 0 bridgehead atoms. The fourth-order valence-electron chi connectivity index (χ4n) is 2.90. The standard InChI is InChI=1S/C17H15ClN2OS/c1-21-14-7-6-13(18)16-15(14)19-17(22-16)20-9-8-11-4-2-3-5-12(11)10-20/h2-7H,8-10H2,1H3. The quantitative estimate of drug-likeness (QED) is 0.690. The van der Waals surface area contributed by atoms with Crippen molar-refractivity contribution in [1.29, 1.82) is 0 Å². The van der Waals surface area contributed by atoms with E-state index in [1.54, 1.807) is 18.4 Å². The number of ether oxygens (including phenoxy) is 1. The summed E-state index contributed by atoms with van der Waals surface area (Å²) >= 11 is 7.95. The van der Waals surface area contributed by atoms with Crippen molar-refractivity contribution in [2.45, 2.75) is 13.0 Å². The monoisotopic (exact) mass is 330 g/mol. The third-order valence-corrected chi connectivity index (χ3v) is 5.64. The van der Waals surface area contributed by atoms with E-state index in [-0.39, 0.29) is 0 Å². The van der Waals surface area contributed by atoms with Gasteiger partial charge in [0, 0.05) is 13.1 Å². The van der Waals surface area contributed by atoms with Crippen LogP contribution in [0.5, 0.6) is 5.75 Å². The molecule has 4 rings (SSSR count). The van der Waals surface area contributed by atoms with Crippen molar-refractivity contribution >= 4 is 38.3 Å². The summed E-state index contributed by atoms with van der Waals surface area (Å²) in [5.41, 5.74) is 3.68. The van der Waals surface area contributed by atoms with E-state index in [1.807, 2.05) is 12.1 Å². The molecule has 0 fully saturated rings. The lowest BCUT2D eigenvalue weighted by Gasteiger charge is -2.28. The fourth-order valence-corrected chi connectivity index (χ4v) is 4.18. The van der Waals surface area contributed by atoms with Gasteiger partial charge >= 0.3 is 0 Å². The molecule has 0 saturated carbocycles. The highest BCUT2D eigenvalue weighted by Crippen LogP contribution is 2.39. The highest BCUT2D eigenvalue weighted by Gasteiger charge is 2.20. The van der Waals surface area contributed by atoms with E-state index in [0.29, 0.717) is 0 Å². The number of benzene rings is 2. The average molecular weight is 331 g/mol. The Hall–Kier alpha value is -1.78. The molecule has 0 amide bonds. The Kier molecular flexibility index (Phi) is 3.43. The van der Waals surface area contributed by atoms with E-state index in [9.17, 15) is 0 Å². The summed E-state index contributed by atoms with van der Waals surface area (Å²) in [4.78, 5) is 7.10. The summed E-state index contributed by atoms with van der Waals surface area (Å²) < 4.78 is 6.40. The van der Waals surface area contributed by atoms with Crippen LogP contribution in [-0.2, 0) is 13.0 Å². The van der Waals surface area contributed by atoms with Crippen LogP contribution in [0.1, 0.15) is 11.1 Å². The molecule has 2 heterocycles. The average Bonchev–Trinajstić information content (AvgIpc) is 3.01. The van der Waals surface area contributed by atoms with Crippen molar-refractivity contribution in [1.82, 2.24) is 4.98 Å². The SMILES string of the molecule is COc1ccc(Cl)c2sc(N3CCc4ccccc4C3)nc12. The van der Waals surface area contributed by atoms with Crippen molar-refractivity contribution in [3.63, 3.8) is 0 Å². The minimum atomic E-state index is 0.733. The Labute approximate surface area is 138 Å². The molecule has 1 aromatic heterocycles. The number of fused-ring (bicyclic) bond motifs is 2. The molecule has 2 aromatic carbocycles. The molecular weight excluding hydrogens is 316 g/mol. The number of rotatable bonds is 2. The largest absolute Gasteiger partial charge is 0.494 e. The van der Waals surface area contributed by atoms with Crippen LogP contribution in [0.2, 0.25) is 5.02 Å². The third kappa shape index (κ3) is 2.23. The van der Waals surface area contributed by atoms with Crippen molar-refractivity contribution in [3.05, 3.63) is 52.5 Å². The van der Waals surface area contributed by atoms with Gasteiger partial charge in [0.15, 0.2) is 5.13 Å². The normalized spacial score (nSPS) is 14.2. The molecule has 1 aliphatic heterocycles. The van der Waals surface area contributed by atoms with Gasteiger partial charge in [-0.1, -0.05) is 47.2 Å². The Morgan fingerprint density at radius 1 is 1.18 bits per heavy atom. The minimum absolute atomic E-state index is 0.733. The zero-order valence-electron chi connectivity index (χ0n) is 12.2. The number of nitrogens with zero attached hydrogens (tertiary/aromatic N) is 2. The van der Waals surface area contributed by atoms with E-state index in [1.165, 1.54) is 11.1 Å². The Balaban J connectivity index is 1.75. The second-order valence-electron chi connectivity index (χ2n) is 5.36. The van der Waals surface area contributed by atoms with E-state index >= 15 is 0 Å². The molecule has 0 spiro atoms. The van der Waals surface area contributed by atoms with Gasteiger partial charge in [0.2, 0.25) is 0 Å². The molecule has 0 unspecified atom stereocenters. The lowest BCUT2D eigenvalue weighted by atomic mass is 10.0. The van der Waals surface area contributed by atoms with E-state index < -0.39 is 0 Å². The summed E-state index contributed by atoms with van der Waals surface area (Å²) in [6.07, 6.45) is 1.05. The van der Waals surface area contributed by atoms with Gasteiger partial charge in [0.25, 0.3) is 0 Å². The van der Waals surface area contributed by atoms with Gasteiger partial charge in [-0.25, -0.2) is 4.98 Å². The number of methoxy groups -OCH3 is 1. The van der Waals surface area contributed by atoms with Crippen LogP contribution in [0.25, 0.3) is 10.2 Å². The third-order valence-electron chi connectivity index (χ3n) is 4.07. The summed E-state index contributed by atoms with van der Waals surface area (Å²) in [5, 5.41) is 1.74. The Bertz CT molecular complexity index is 846. The lowest BCUT2D eigenvalue weighted by Crippen LogP contribution is -2.30. The maximum absolute atomic E-state index is 6.32. The second-order valence-corrected chi connectivity index (χ2v) is 6.75. The van der Waals surface area contributed by atoms with Crippen molar-refractivity contribution in [2.75, 3.05) is 18.6 Å². The van der Waals surface area contributed by atoms with Gasteiger partial charge in [0.05, 0.1) is 16.8 Å². The molecule has 3 aromatic rings. The molecule has 5 heteroatoms. The molecule has 0 radical (unpaired) electrons. The van der Waals surface area contributed by atoms with Crippen molar-refractivity contribution < 1.29 is 4.74 Å². The predicted molar refractivity (Wildman–Crippen MR) is 92.4 cm³/mol. The number of hydrogen-bond acceptors (Lipinski definition) is 4. The van der Waals surface area contributed by atoms with Gasteiger partial charge in [-0.15, -0.1) is 0 Å². The number of thiazole rings is 1. The molecule has 3 nitrogen and oxygen atoms in total. The molecule has 1 aliphatic rings. The maximum Gasteiger partial charge on any atom is 0.186 e. The molecule has 0 atom stereocenters. The zero-order valence-corrected chi connectivity index (χ0v) is 13.7. The molecule has 0 aliphatic carbocycles. The maximum atomic E-state index is 6.32. The Morgan fingerprint density at radius 2 is 2.00 bits per heavy atom. The number of halogens is 1. The van der Waals surface area contributed by atoms with E-state index in [4.69, 9.17) is 21.3 Å². The van der Waals surface area contributed by atoms with Crippen molar-refractivity contribution in [3.8, 4) is 5.75 Å². The summed E-state index contributed by atoms with van der Waals surface area (Å²) in [6.45, 7) is 1.88. The second kappa shape index (κ2) is 5.45. The van der Waals surface area contributed by atoms with Gasteiger partial charge in [0.1, 0.15) is 11.3 Å². The highest BCUT2D eigenvalue weighted by atomic mass is 35.5. The predicted octanol–water partition coefficient (Wildman–Crippen LogP) is 4.52. The summed E-state index contributed by atoms with van der Waals surface area (Å²) in [6, 6.07) is 12.4. The number of aromatic nitrogens is 1. The first-order valence-electron chi connectivity index (χ1n) is 7.21. The van der Waals surface area contributed by atoms with Gasteiger partial charge in [-0.2, -0.15) is 0 Å². The Morgan fingerprint density at radius 3 is 2.82 bits per heavy atom. The van der Waals surface area contributed by atoms with Crippen molar-refractivity contribution in [2.24, 2.45) is 0 Å². The van der Waals surface area contributed by atoms with Gasteiger partial charge < -0.3 is 9.64 Å². The molecule has 22 heavy (non-hydrogen) atoms. The topological polar surface area (TPSA) is 25.4 Å². The van der Waals surface area contributed by atoms with Crippen LogP contribution < -0.4 is 9.64 Å². The first-order valence-corrected chi connectivity index (χ1v) is 8.40. The first kappa shape index (κ1) is 13.9. The molecule has 112 valence electrons. The van der Waals surface area contributed by atoms with Crippen LogP contribution in [-0.4, -0.2) is 18.6 Å². The van der Waals surface area contributed by atoms with Crippen LogP contribution in [0.4, 0.5) is 5.13 Å². The van der Waals surface area contributed by atoms with E-state index in [0.717, 1.165) is 45.6 Å².